The van der Waals surface area contributed by atoms with E-state index >= 15 is 0 Å². The number of aromatic nitrogens is 5. The summed E-state index contributed by atoms with van der Waals surface area (Å²) in [7, 11) is 0. The summed E-state index contributed by atoms with van der Waals surface area (Å²) in [6.07, 6.45) is -3.22. The van der Waals surface area contributed by atoms with Crippen molar-refractivity contribution in [1.29, 1.82) is 0 Å². The molecule has 0 radical (unpaired) electrons. The summed E-state index contributed by atoms with van der Waals surface area (Å²) in [5.74, 6) is -0.0708. The molecule has 3 heterocycles. The average Bonchev–Trinajstić information content (AvgIpc) is 2.97. The second-order valence-electron chi connectivity index (χ2n) is 3.78. The van der Waals surface area contributed by atoms with Crippen molar-refractivity contribution in [2.45, 2.75) is 19.3 Å². The lowest BCUT2D eigenvalue weighted by atomic mass is 10.1. The first kappa shape index (κ1) is 11.1. The molecule has 2 aromatic heterocycles. The lowest BCUT2D eigenvalue weighted by Gasteiger charge is -2.11. The van der Waals surface area contributed by atoms with Crippen LogP contribution in [0.4, 0.5) is 13.2 Å². The summed E-state index contributed by atoms with van der Waals surface area (Å²) in [6, 6.07) is 0. The third kappa shape index (κ3) is 1.72. The Morgan fingerprint density at radius 2 is 2.00 bits per heavy atom. The van der Waals surface area contributed by atoms with E-state index in [0.29, 0.717) is 12.2 Å². The van der Waals surface area contributed by atoms with Crippen LogP contribution in [0.25, 0.3) is 11.5 Å². The number of nitrogens with one attached hydrogen (secondary N) is 2. The minimum Gasteiger partial charge on any atom is -0.307 e. The van der Waals surface area contributed by atoms with Gasteiger partial charge in [-0.05, 0) is 0 Å². The van der Waals surface area contributed by atoms with Crippen LogP contribution in [0.2, 0.25) is 0 Å². The summed E-state index contributed by atoms with van der Waals surface area (Å²) < 4.78 is 38.7. The van der Waals surface area contributed by atoms with Crippen LogP contribution in [0.1, 0.15) is 17.0 Å². The van der Waals surface area contributed by atoms with E-state index in [2.05, 4.69) is 30.7 Å². The van der Waals surface area contributed by atoms with Gasteiger partial charge >= 0.3 is 6.18 Å². The molecule has 3 rings (SSSR count). The minimum atomic E-state index is -4.50. The Morgan fingerprint density at radius 1 is 1.17 bits per heavy atom. The fourth-order valence-electron chi connectivity index (χ4n) is 1.83. The molecule has 0 spiro atoms. The van der Waals surface area contributed by atoms with Gasteiger partial charge in [0.1, 0.15) is 5.69 Å². The third-order valence-electron chi connectivity index (χ3n) is 2.60. The van der Waals surface area contributed by atoms with Crippen LogP contribution in [0, 0.1) is 0 Å². The molecule has 0 atom stereocenters. The Labute approximate surface area is 98.6 Å². The summed E-state index contributed by atoms with van der Waals surface area (Å²) in [5, 5.41) is 12.4. The highest BCUT2D eigenvalue weighted by Gasteiger charge is 2.38. The van der Waals surface area contributed by atoms with E-state index in [-0.39, 0.29) is 23.6 Å². The lowest BCUT2D eigenvalue weighted by Crippen LogP contribution is -2.14. The number of hydrogen-bond acceptors (Lipinski definition) is 5. The first-order chi connectivity index (χ1) is 8.55. The fraction of sp³-hybridized carbons (Fsp3) is 0.333. The van der Waals surface area contributed by atoms with E-state index in [1.165, 1.54) is 6.20 Å². The second kappa shape index (κ2) is 3.73. The zero-order valence-electron chi connectivity index (χ0n) is 8.91. The highest BCUT2D eigenvalue weighted by Crippen LogP contribution is 2.34. The summed E-state index contributed by atoms with van der Waals surface area (Å²) in [5.41, 5.74) is -0.254. The van der Waals surface area contributed by atoms with Crippen molar-refractivity contribution in [3.63, 3.8) is 0 Å². The molecule has 0 aromatic carbocycles. The van der Waals surface area contributed by atoms with Crippen LogP contribution < -0.4 is 5.32 Å². The van der Waals surface area contributed by atoms with E-state index in [4.69, 9.17) is 0 Å². The van der Waals surface area contributed by atoms with Crippen LogP contribution in [0.3, 0.4) is 0 Å². The number of halogens is 3. The van der Waals surface area contributed by atoms with E-state index in [9.17, 15) is 13.2 Å². The number of aromatic amines is 1. The zero-order valence-corrected chi connectivity index (χ0v) is 8.91. The number of hydrogen-bond donors (Lipinski definition) is 2. The van der Waals surface area contributed by atoms with Gasteiger partial charge in [-0.1, -0.05) is 0 Å². The SMILES string of the molecule is FC(F)(F)c1nc(-c2cn[nH]n2)nc2c1CNC2. The van der Waals surface area contributed by atoms with Crippen molar-refractivity contribution in [2.24, 2.45) is 0 Å². The maximum absolute atomic E-state index is 12.9. The maximum atomic E-state index is 12.9. The molecule has 6 nitrogen and oxygen atoms in total. The Bertz CT molecular complexity index is 577. The molecular weight excluding hydrogens is 249 g/mol. The normalized spacial score (nSPS) is 14.8. The van der Waals surface area contributed by atoms with Crippen LogP contribution in [0.15, 0.2) is 6.20 Å². The van der Waals surface area contributed by atoms with E-state index in [1.54, 1.807) is 0 Å². The summed E-state index contributed by atoms with van der Waals surface area (Å²) >= 11 is 0. The molecule has 0 unspecified atom stereocenters. The summed E-state index contributed by atoms with van der Waals surface area (Å²) in [6.45, 7) is 0.426. The van der Waals surface area contributed by atoms with Gasteiger partial charge < -0.3 is 5.32 Å². The Balaban J connectivity index is 2.20. The Hall–Kier alpha value is -2.03. The van der Waals surface area contributed by atoms with Gasteiger partial charge in [0.15, 0.2) is 11.5 Å². The van der Waals surface area contributed by atoms with Gasteiger partial charge in [-0.3, -0.25) is 0 Å². The molecular formula is C9H7F3N6. The molecule has 94 valence electrons. The number of rotatable bonds is 1. The van der Waals surface area contributed by atoms with Crippen molar-refractivity contribution in [1.82, 2.24) is 30.7 Å². The molecule has 0 saturated heterocycles. The maximum Gasteiger partial charge on any atom is 0.433 e. The van der Waals surface area contributed by atoms with Crippen molar-refractivity contribution < 1.29 is 13.2 Å². The van der Waals surface area contributed by atoms with Gasteiger partial charge in [-0.15, -0.1) is 0 Å². The fourth-order valence-corrected chi connectivity index (χ4v) is 1.83. The molecule has 1 aliphatic heterocycles. The van der Waals surface area contributed by atoms with Gasteiger partial charge in [0.25, 0.3) is 0 Å². The van der Waals surface area contributed by atoms with Gasteiger partial charge in [0, 0.05) is 18.7 Å². The quantitative estimate of drug-likeness (QED) is 0.791. The largest absolute Gasteiger partial charge is 0.433 e. The highest BCUT2D eigenvalue weighted by molar-refractivity contribution is 5.49. The molecule has 0 saturated carbocycles. The predicted molar refractivity (Wildman–Crippen MR) is 53.0 cm³/mol. The third-order valence-corrected chi connectivity index (χ3v) is 2.60. The lowest BCUT2D eigenvalue weighted by molar-refractivity contribution is -0.141. The summed E-state index contributed by atoms with van der Waals surface area (Å²) in [4.78, 5) is 7.63. The van der Waals surface area contributed by atoms with Crippen LogP contribution in [-0.4, -0.2) is 25.4 Å². The predicted octanol–water partition coefficient (Wildman–Crippen LogP) is 0.884. The second-order valence-corrected chi connectivity index (χ2v) is 3.78. The van der Waals surface area contributed by atoms with Gasteiger partial charge in [-0.2, -0.15) is 28.6 Å². The number of alkyl halides is 3. The average molecular weight is 256 g/mol. The highest BCUT2D eigenvalue weighted by atomic mass is 19.4. The van der Waals surface area contributed by atoms with Gasteiger partial charge in [0.05, 0.1) is 11.9 Å². The van der Waals surface area contributed by atoms with E-state index in [0.717, 1.165) is 0 Å². The molecule has 1 aliphatic rings. The topological polar surface area (TPSA) is 79.4 Å². The molecule has 0 amide bonds. The molecule has 0 fully saturated rings. The first-order valence-electron chi connectivity index (χ1n) is 5.09. The van der Waals surface area contributed by atoms with Crippen molar-refractivity contribution in [3.8, 4) is 11.5 Å². The number of nitrogens with zero attached hydrogens (tertiary/aromatic N) is 4. The van der Waals surface area contributed by atoms with E-state index < -0.39 is 11.9 Å². The van der Waals surface area contributed by atoms with Crippen molar-refractivity contribution in [3.05, 3.63) is 23.1 Å². The Kier molecular flexibility index (Phi) is 2.30. The molecule has 2 aromatic rings. The molecule has 0 bridgehead atoms. The van der Waals surface area contributed by atoms with Gasteiger partial charge in [0.2, 0.25) is 0 Å². The van der Waals surface area contributed by atoms with Crippen LogP contribution in [0.5, 0.6) is 0 Å². The van der Waals surface area contributed by atoms with Crippen LogP contribution >= 0.6 is 0 Å². The number of fused-ring (bicyclic) bond motifs is 1. The number of H-pyrrole nitrogens is 1. The molecule has 0 aliphatic carbocycles. The van der Waals surface area contributed by atoms with Crippen molar-refractivity contribution >= 4 is 0 Å². The van der Waals surface area contributed by atoms with Gasteiger partial charge in [-0.25, -0.2) is 9.97 Å². The van der Waals surface area contributed by atoms with Crippen molar-refractivity contribution in [2.75, 3.05) is 0 Å². The molecule has 18 heavy (non-hydrogen) atoms. The minimum absolute atomic E-state index is 0.0708. The standard InChI is InChI=1S/C9H7F3N6/c10-9(11,12)7-4-1-13-2-5(4)15-8(16-7)6-3-14-18-17-6/h3,13H,1-2H2,(H,14,17,18). The van der Waals surface area contributed by atoms with E-state index in [1.807, 2.05) is 0 Å². The smallest absolute Gasteiger partial charge is 0.307 e. The van der Waals surface area contributed by atoms with Crippen LogP contribution in [-0.2, 0) is 19.3 Å². The molecule has 9 heteroatoms. The Morgan fingerprint density at radius 3 is 2.67 bits per heavy atom. The first-order valence-corrected chi connectivity index (χ1v) is 5.09. The zero-order chi connectivity index (χ0) is 12.8. The molecule has 2 N–H and O–H groups in total. The monoisotopic (exact) mass is 256 g/mol.